The third kappa shape index (κ3) is 2.55. The Morgan fingerprint density at radius 3 is 2.75 bits per heavy atom. The standard InChI is InChI=1S/C19H28O/c1-6-14(2)8-9-15-16(20)10-11-17-18(3,4)12-7-13-19(15,17)5/h6,8,10-11,15,17H,1,7,9,12-13H2,2-5H3/b14-8+/t15-,17-,19+/m0/s1. The molecule has 0 heterocycles. The van der Waals surface area contributed by atoms with E-state index in [0.717, 1.165) is 6.42 Å². The molecule has 0 bridgehead atoms. The monoisotopic (exact) mass is 272 g/mol. The van der Waals surface area contributed by atoms with E-state index in [-0.39, 0.29) is 11.3 Å². The summed E-state index contributed by atoms with van der Waals surface area (Å²) in [5.41, 5.74) is 1.59. The molecule has 0 spiro atoms. The fraction of sp³-hybridized carbons (Fsp3) is 0.632. The van der Waals surface area contributed by atoms with Crippen LogP contribution >= 0.6 is 0 Å². The number of ketones is 1. The summed E-state index contributed by atoms with van der Waals surface area (Å²) in [6.45, 7) is 12.9. The predicted molar refractivity (Wildman–Crippen MR) is 85.4 cm³/mol. The molecule has 0 radical (unpaired) electrons. The molecule has 2 aliphatic carbocycles. The maximum atomic E-state index is 12.4. The Morgan fingerprint density at radius 2 is 2.10 bits per heavy atom. The summed E-state index contributed by atoms with van der Waals surface area (Å²) in [4.78, 5) is 12.4. The maximum Gasteiger partial charge on any atom is 0.159 e. The lowest BCUT2D eigenvalue weighted by Crippen LogP contribution is -2.49. The van der Waals surface area contributed by atoms with Gasteiger partial charge in [-0.2, -0.15) is 0 Å². The van der Waals surface area contributed by atoms with Crippen LogP contribution in [0.15, 0.2) is 36.5 Å². The van der Waals surface area contributed by atoms with Crippen LogP contribution < -0.4 is 0 Å². The van der Waals surface area contributed by atoms with Crippen molar-refractivity contribution in [2.45, 2.75) is 53.4 Å². The fourth-order valence-corrected chi connectivity index (χ4v) is 4.40. The van der Waals surface area contributed by atoms with Gasteiger partial charge in [0.25, 0.3) is 0 Å². The Balaban J connectivity index is 2.34. The van der Waals surface area contributed by atoms with E-state index < -0.39 is 0 Å². The molecule has 110 valence electrons. The molecule has 0 amide bonds. The van der Waals surface area contributed by atoms with Crippen LogP contribution in [0.1, 0.15) is 53.4 Å². The summed E-state index contributed by atoms with van der Waals surface area (Å²) in [5, 5.41) is 0. The second kappa shape index (κ2) is 5.35. The topological polar surface area (TPSA) is 17.1 Å². The molecule has 20 heavy (non-hydrogen) atoms. The van der Waals surface area contributed by atoms with Crippen molar-refractivity contribution in [3.63, 3.8) is 0 Å². The SMILES string of the molecule is C=C/C(C)=C/C[C@H]1C(=O)C=C[C@H]2C(C)(C)CCC[C@]12C. The highest BCUT2D eigenvalue weighted by Crippen LogP contribution is 2.57. The average Bonchev–Trinajstić information content (AvgIpc) is 2.36. The minimum absolute atomic E-state index is 0.117. The first-order chi connectivity index (χ1) is 9.31. The molecule has 0 saturated heterocycles. The molecular weight excluding hydrogens is 244 g/mol. The Bertz CT molecular complexity index is 466. The van der Waals surface area contributed by atoms with Crippen molar-refractivity contribution in [3.8, 4) is 0 Å². The van der Waals surface area contributed by atoms with Crippen LogP contribution in [0.5, 0.6) is 0 Å². The molecule has 1 fully saturated rings. The first-order valence-electron chi connectivity index (χ1n) is 7.82. The first-order valence-corrected chi connectivity index (χ1v) is 7.82. The number of rotatable bonds is 3. The second-order valence-corrected chi connectivity index (χ2v) is 7.53. The molecule has 3 atom stereocenters. The molecule has 2 rings (SSSR count). The van der Waals surface area contributed by atoms with Gasteiger partial charge in [-0.3, -0.25) is 4.79 Å². The molecule has 2 aliphatic rings. The molecule has 1 nitrogen and oxygen atoms in total. The van der Waals surface area contributed by atoms with E-state index in [1.54, 1.807) is 0 Å². The van der Waals surface area contributed by atoms with Crippen molar-refractivity contribution in [1.29, 1.82) is 0 Å². The largest absolute Gasteiger partial charge is 0.295 e. The number of hydrogen-bond donors (Lipinski definition) is 0. The Hall–Kier alpha value is -1.11. The summed E-state index contributed by atoms with van der Waals surface area (Å²) in [6.07, 6.45) is 12.6. The zero-order valence-corrected chi connectivity index (χ0v) is 13.4. The Kier molecular flexibility index (Phi) is 4.09. The van der Waals surface area contributed by atoms with Crippen molar-refractivity contribution in [3.05, 3.63) is 36.5 Å². The third-order valence-corrected chi connectivity index (χ3v) is 5.68. The summed E-state index contributed by atoms with van der Waals surface area (Å²) in [7, 11) is 0. The van der Waals surface area contributed by atoms with Gasteiger partial charge in [0.15, 0.2) is 5.78 Å². The van der Waals surface area contributed by atoms with Crippen molar-refractivity contribution in [2.24, 2.45) is 22.7 Å². The van der Waals surface area contributed by atoms with Gasteiger partial charge >= 0.3 is 0 Å². The van der Waals surface area contributed by atoms with Crippen LogP contribution in [0.3, 0.4) is 0 Å². The number of allylic oxidation sites excluding steroid dienone is 5. The Morgan fingerprint density at radius 1 is 1.40 bits per heavy atom. The molecule has 0 aliphatic heterocycles. The molecule has 0 aromatic heterocycles. The maximum absolute atomic E-state index is 12.4. The van der Waals surface area contributed by atoms with Crippen LogP contribution in [-0.4, -0.2) is 5.78 Å². The van der Waals surface area contributed by atoms with Crippen LogP contribution in [-0.2, 0) is 4.79 Å². The quantitative estimate of drug-likeness (QED) is 0.653. The molecule has 0 unspecified atom stereocenters. The highest BCUT2D eigenvalue weighted by atomic mass is 16.1. The number of carbonyl (C=O) groups is 1. The van der Waals surface area contributed by atoms with Crippen molar-refractivity contribution in [1.82, 2.24) is 0 Å². The minimum atomic E-state index is 0.117. The van der Waals surface area contributed by atoms with Gasteiger partial charge in [0.05, 0.1) is 0 Å². The molecule has 1 heteroatoms. The van der Waals surface area contributed by atoms with Crippen LogP contribution in [0, 0.1) is 22.7 Å². The first kappa shape index (κ1) is 15.3. The normalized spacial score (nSPS) is 36.6. The van der Waals surface area contributed by atoms with Gasteiger partial charge in [0.1, 0.15) is 0 Å². The predicted octanol–water partition coefficient (Wildman–Crippen LogP) is 5.10. The number of carbonyl (C=O) groups excluding carboxylic acids is 1. The van der Waals surface area contributed by atoms with Gasteiger partial charge in [-0.15, -0.1) is 0 Å². The Labute approximate surface area is 123 Å². The van der Waals surface area contributed by atoms with E-state index in [9.17, 15) is 4.79 Å². The third-order valence-electron chi connectivity index (χ3n) is 5.68. The lowest BCUT2D eigenvalue weighted by atomic mass is 9.49. The molecule has 0 aromatic carbocycles. The van der Waals surface area contributed by atoms with Crippen molar-refractivity contribution in [2.75, 3.05) is 0 Å². The fourth-order valence-electron chi connectivity index (χ4n) is 4.40. The van der Waals surface area contributed by atoms with Gasteiger partial charge < -0.3 is 0 Å². The molecular formula is C19H28O. The van der Waals surface area contributed by atoms with Crippen molar-refractivity contribution < 1.29 is 4.79 Å². The zero-order chi connectivity index (χ0) is 15.0. The average molecular weight is 272 g/mol. The summed E-state index contributed by atoms with van der Waals surface area (Å²) >= 11 is 0. The van der Waals surface area contributed by atoms with Crippen LogP contribution in [0.25, 0.3) is 0 Å². The van der Waals surface area contributed by atoms with Gasteiger partial charge in [-0.1, -0.05) is 57.6 Å². The molecule has 0 N–H and O–H groups in total. The summed E-state index contributed by atoms with van der Waals surface area (Å²) in [5.74, 6) is 0.963. The molecule has 0 aromatic rings. The van der Waals surface area contributed by atoms with Gasteiger partial charge in [0.2, 0.25) is 0 Å². The van der Waals surface area contributed by atoms with Gasteiger partial charge in [-0.25, -0.2) is 0 Å². The lowest BCUT2D eigenvalue weighted by Gasteiger charge is -2.54. The lowest BCUT2D eigenvalue weighted by molar-refractivity contribution is -0.128. The van der Waals surface area contributed by atoms with E-state index in [2.05, 4.69) is 46.4 Å². The highest BCUT2D eigenvalue weighted by molar-refractivity contribution is 5.93. The van der Waals surface area contributed by atoms with Gasteiger partial charge in [0, 0.05) is 5.92 Å². The summed E-state index contributed by atoms with van der Waals surface area (Å²) in [6, 6.07) is 0. The highest BCUT2D eigenvalue weighted by Gasteiger charge is 2.52. The molecule has 1 saturated carbocycles. The summed E-state index contributed by atoms with van der Waals surface area (Å²) < 4.78 is 0. The van der Waals surface area contributed by atoms with E-state index >= 15 is 0 Å². The second-order valence-electron chi connectivity index (χ2n) is 7.53. The van der Waals surface area contributed by atoms with E-state index in [0.29, 0.717) is 17.1 Å². The smallest absolute Gasteiger partial charge is 0.159 e. The van der Waals surface area contributed by atoms with E-state index in [1.165, 1.54) is 24.8 Å². The minimum Gasteiger partial charge on any atom is -0.295 e. The van der Waals surface area contributed by atoms with E-state index in [1.807, 2.05) is 12.2 Å². The zero-order valence-electron chi connectivity index (χ0n) is 13.4. The van der Waals surface area contributed by atoms with E-state index in [4.69, 9.17) is 0 Å². The van der Waals surface area contributed by atoms with Crippen LogP contribution in [0.4, 0.5) is 0 Å². The van der Waals surface area contributed by atoms with Crippen LogP contribution in [0.2, 0.25) is 0 Å². The number of hydrogen-bond acceptors (Lipinski definition) is 1. The van der Waals surface area contributed by atoms with Gasteiger partial charge in [-0.05, 0) is 49.0 Å². The van der Waals surface area contributed by atoms with Crippen molar-refractivity contribution >= 4 is 5.78 Å². The number of fused-ring (bicyclic) bond motifs is 1.